The summed E-state index contributed by atoms with van der Waals surface area (Å²) in [6, 6.07) is 5.99. The summed E-state index contributed by atoms with van der Waals surface area (Å²) >= 11 is 6.11. The third kappa shape index (κ3) is 4.35. The van der Waals surface area contributed by atoms with E-state index in [0.717, 1.165) is 18.2 Å². The second-order valence-electron chi connectivity index (χ2n) is 4.88. The highest BCUT2D eigenvalue weighted by Crippen LogP contribution is 2.36. The molecule has 0 heterocycles. The van der Waals surface area contributed by atoms with Crippen LogP contribution in [0.2, 0.25) is 5.02 Å². The molecule has 0 atom stereocenters. The Balaban J connectivity index is 2.16. The van der Waals surface area contributed by atoms with Gasteiger partial charge in [0.2, 0.25) is 0 Å². The van der Waals surface area contributed by atoms with Gasteiger partial charge in [0, 0.05) is 18.2 Å². The predicted molar refractivity (Wildman–Crippen MR) is 86.7 cm³/mol. The zero-order valence-electron chi connectivity index (χ0n) is 13.2. The number of ether oxygens (including phenoxy) is 2. The normalized spacial score (nSPS) is 10.4. The molecule has 0 fully saturated rings. The molecule has 7 heteroatoms. The number of hydrogen-bond acceptors (Lipinski definition) is 3. The van der Waals surface area contributed by atoms with E-state index >= 15 is 0 Å². The van der Waals surface area contributed by atoms with Crippen LogP contribution in [0.25, 0.3) is 0 Å². The Morgan fingerprint density at radius 2 is 1.83 bits per heavy atom. The highest BCUT2D eigenvalue weighted by atomic mass is 35.5. The van der Waals surface area contributed by atoms with Crippen LogP contribution in [0, 0.1) is 11.6 Å². The first-order chi connectivity index (χ1) is 11.4. The lowest BCUT2D eigenvalue weighted by Gasteiger charge is -2.13. The average molecular weight is 356 g/mol. The highest BCUT2D eigenvalue weighted by Gasteiger charge is 2.15. The van der Waals surface area contributed by atoms with Crippen LogP contribution in [0.1, 0.15) is 22.8 Å². The number of rotatable bonds is 6. The summed E-state index contributed by atoms with van der Waals surface area (Å²) in [5, 5.41) is 2.81. The molecule has 0 aliphatic heterocycles. The molecule has 0 radical (unpaired) electrons. The average Bonchev–Trinajstić information content (AvgIpc) is 2.53. The molecule has 24 heavy (non-hydrogen) atoms. The summed E-state index contributed by atoms with van der Waals surface area (Å²) in [4.78, 5) is 12.2. The van der Waals surface area contributed by atoms with Crippen molar-refractivity contribution in [3.63, 3.8) is 0 Å². The quantitative estimate of drug-likeness (QED) is 0.853. The van der Waals surface area contributed by atoms with E-state index in [2.05, 4.69) is 5.32 Å². The summed E-state index contributed by atoms with van der Waals surface area (Å²) in [5.41, 5.74) is 0.557. The molecule has 0 aromatic heterocycles. The van der Waals surface area contributed by atoms with Gasteiger partial charge in [0.05, 0.1) is 18.7 Å². The number of nitrogens with one attached hydrogen (secondary N) is 1. The zero-order valence-corrected chi connectivity index (χ0v) is 13.9. The molecule has 0 aliphatic carbocycles. The van der Waals surface area contributed by atoms with Crippen LogP contribution in [-0.2, 0) is 6.54 Å². The van der Waals surface area contributed by atoms with Crippen LogP contribution in [0.3, 0.4) is 0 Å². The standard InChI is InChI=1S/C17H16ClF2NO3/c1-3-24-16-14(18)6-11(7-15(16)23-2)17(22)21-9-10-4-12(19)8-13(20)5-10/h4-8H,3,9H2,1-2H3,(H,21,22). The third-order valence-corrected chi connectivity index (χ3v) is 3.44. The fourth-order valence-corrected chi connectivity index (χ4v) is 2.40. The smallest absolute Gasteiger partial charge is 0.251 e. The predicted octanol–water partition coefficient (Wildman–Crippen LogP) is 3.96. The highest BCUT2D eigenvalue weighted by molar-refractivity contribution is 6.32. The molecular formula is C17H16ClF2NO3. The van der Waals surface area contributed by atoms with Crippen molar-refractivity contribution in [1.82, 2.24) is 5.32 Å². The van der Waals surface area contributed by atoms with Gasteiger partial charge in [-0.3, -0.25) is 4.79 Å². The maximum absolute atomic E-state index is 13.1. The zero-order chi connectivity index (χ0) is 17.7. The summed E-state index contributed by atoms with van der Waals surface area (Å²) < 4.78 is 36.8. The Morgan fingerprint density at radius 3 is 2.42 bits per heavy atom. The van der Waals surface area contributed by atoms with Crippen LogP contribution in [0.15, 0.2) is 30.3 Å². The summed E-state index contributed by atoms with van der Waals surface area (Å²) in [6.07, 6.45) is 0. The summed E-state index contributed by atoms with van der Waals surface area (Å²) in [5.74, 6) is -1.19. The van der Waals surface area contributed by atoms with E-state index < -0.39 is 17.5 Å². The maximum Gasteiger partial charge on any atom is 0.251 e. The molecule has 1 N–H and O–H groups in total. The van der Waals surface area contributed by atoms with Crippen molar-refractivity contribution in [3.8, 4) is 11.5 Å². The molecule has 0 spiro atoms. The molecule has 4 nitrogen and oxygen atoms in total. The lowest BCUT2D eigenvalue weighted by molar-refractivity contribution is 0.0950. The van der Waals surface area contributed by atoms with Gasteiger partial charge < -0.3 is 14.8 Å². The van der Waals surface area contributed by atoms with Crippen LogP contribution in [0.4, 0.5) is 8.78 Å². The molecule has 0 saturated carbocycles. The first-order valence-corrected chi connectivity index (χ1v) is 7.56. The lowest BCUT2D eigenvalue weighted by Crippen LogP contribution is -2.23. The Labute approximate surface area is 143 Å². The third-order valence-electron chi connectivity index (χ3n) is 3.16. The molecule has 0 bridgehead atoms. The van der Waals surface area contributed by atoms with Crippen molar-refractivity contribution >= 4 is 17.5 Å². The fourth-order valence-electron chi connectivity index (χ4n) is 2.13. The number of methoxy groups -OCH3 is 1. The minimum Gasteiger partial charge on any atom is -0.493 e. The molecular weight excluding hydrogens is 340 g/mol. The number of halogens is 3. The van der Waals surface area contributed by atoms with Crippen LogP contribution in [0.5, 0.6) is 11.5 Å². The van der Waals surface area contributed by atoms with Gasteiger partial charge in [-0.1, -0.05) is 11.6 Å². The van der Waals surface area contributed by atoms with E-state index in [-0.39, 0.29) is 17.1 Å². The molecule has 1 amide bonds. The fraction of sp³-hybridized carbons (Fsp3) is 0.235. The van der Waals surface area contributed by atoms with Gasteiger partial charge in [0.25, 0.3) is 5.91 Å². The number of benzene rings is 2. The van der Waals surface area contributed by atoms with Crippen LogP contribution < -0.4 is 14.8 Å². The van der Waals surface area contributed by atoms with E-state index in [0.29, 0.717) is 23.7 Å². The van der Waals surface area contributed by atoms with Gasteiger partial charge in [0.1, 0.15) is 11.6 Å². The van der Waals surface area contributed by atoms with E-state index in [1.807, 2.05) is 0 Å². The molecule has 2 rings (SSSR count). The topological polar surface area (TPSA) is 47.6 Å². The lowest BCUT2D eigenvalue weighted by atomic mass is 10.1. The molecule has 2 aromatic rings. The minimum atomic E-state index is -0.704. The Bertz CT molecular complexity index is 733. The summed E-state index contributed by atoms with van der Waals surface area (Å²) in [6.45, 7) is 2.17. The maximum atomic E-state index is 13.1. The van der Waals surface area contributed by atoms with Crippen molar-refractivity contribution in [2.24, 2.45) is 0 Å². The van der Waals surface area contributed by atoms with E-state index in [1.54, 1.807) is 6.92 Å². The molecule has 0 saturated heterocycles. The van der Waals surface area contributed by atoms with Gasteiger partial charge in [-0.2, -0.15) is 0 Å². The molecule has 0 unspecified atom stereocenters. The first kappa shape index (κ1) is 18.0. The summed E-state index contributed by atoms with van der Waals surface area (Å²) in [7, 11) is 1.44. The van der Waals surface area contributed by atoms with E-state index in [1.165, 1.54) is 19.2 Å². The van der Waals surface area contributed by atoms with E-state index in [9.17, 15) is 13.6 Å². The molecule has 2 aromatic carbocycles. The van der Waals surface area contributed by atoms with Crippen molar-refractivity contribution in [2.45, 2.75) is 13.5 Å². The molecule has 128 valence electrons. The Kier molecular flexibility index (Phi) is 5.98. The monoisotopic (exact) mass is 355 g/mol. The van der Waals surface area contributed by atoms with Gasteiger partial charge in [-0.05, 0) is 36.8 Å². The van der Waals surface area contributed by atoms with Gasteiger partial charge in [-0.15, -0.1) is 0 Å². The number of amides is 1. The first-order valence-electron chi connectivity index (χ1n) is 7.18. The van der Waals surface area contributed by atoms with Crippen LogP contribution in [-0.4, -0.2) is 19.6 Å². The molecule has 0 aliphatic rings. The van der Waals surface area contributed by atoms with Crippen molar-refractivity contribution < 1.29 is 23.0 Å². The van der Waals surface area contributed by atoms with Gasteiger partial charge >= 0.3 is 0 Å². The van der Waals surface area contributed by atoms with Gasteiger partial charge in [0.15, 0.2) is 11.5 Å². The van der Waals surface area contributed by atoms with Crippen molar-refractivity contribution in [1.29, 1.82) is 0 Å². The van der Waals surface area contributed by atoms with Crippen molar-refractivity contribution in [3.05, 3.63) is 58.1 Å². The second kappa shape index (κ2) is 7.97. The van der Waals surface area contributed by atoms with Gasteiger partial charge in [-0.25, -0.2) is 8.78 Å². The largest absolute Gasteiger partial charge is 0.493 e. The number of carbonyl (C=O) groups is 1. The second-order valence-corrected chi connectivity index (χ2v) is 5.29. The SMILES string of the molecule is CCOc1c(Cl)cc(C(=O)NCc2cc(F)cc(F)c2)cc1OC. The van der Waals surface area contributed by atoms with Crippen LogP contribution >= 0.6 is 11.6 Å². The number of hydrogen-bond donors (Lipinski definition) is 1. The van der Waals surface area contributed by atoms with E-state index in [4.69, 9.17) is 21.1 Å². The van der Waals surface area contributed by atoms with Crippen molar-refractivity contribution in [2.75, 3.05) is 13.7 Å². The number of carbonyl (C=O) groups excluding carboxylic acids is 1. The Morgan fingerprint density at radius 1 is 1.17 bits per heavy atom. The Hall–Kier alpha value is -2.34. The minimum absolute atomic E-state index is 0.0271.